The van der Waals surface area contributed by atoms with Gasteiger partial charge in [0.25, 0.3) is 17.7 Å². The Labute approximate surface area is 369 Å². The standard InChI is InChI=1S/C48H58N4O10S/c1-4-62-42-28-33(18-21-41(42)61-2)40(30-63(3,59)60)52-47(57)37-16-10-12-32(44(37)48(52)58)17-19-34(53)13-8-6-5-7-9-25-50-26-23-31(24-27-50)35-14-11-15-36-38(35)29-51(46(36)56)39-20-22-43(54)49-45(39)55/h10-12,14-16,18,21,28,31,39-40H,4-9,13,17,19-20,22-27,29-30H2,1-3H3,(H,49,54,55)/t39-,40+/m0/s1. The maximum atomic E-state index is 14.0. The van der Waals surface area contributed by atoms with Gasteiger partial charge < -0.3 is 19.3 Å². The number of methoxy groups -OCH3 is 1. The van der Waals surface area contributed by atoms with Crippen molar-refractivity contribution in [1.29, 1.82) is 0 Å². The predicted octanol–water partition coefficient (Wildman–Crippen LogP) is 5.96. The Hall–Kier alpha value is -5.41. The number of imide groups is 2. The lowest BCUT2D eigenvalue weighted by molar-refractivity contribution is -0.137. The van der Waals surface area contributed by atoms with Crippen LogP contribution in [0.2, 0.25) is 0 Å². The van der Waals surface area contributed by atoms with Crippen LogP contribution in [0.15, 0.2) is 54.6 Å². The van der Waals surface area contributed by atoms with E-state index < -0.39 is 45.4 Å². The first kappa shape index (κ1) is 45.6. The molecule has 0 unspecified atom stereocenters. The summed E-state index contributed by atoms with van der Waals surface area (Å²) in [6.45, 7) is 5.52. The Morgan fingerprint density at radius 1 is 0.841 bits per heavy atom. The smallest absolute Gasteiger partial charge is 0.262 e. The first-order valence-corrected chi connectivity index (χ1v) is 24.3. The van der Waals surface area contributed by atoms with E-state index in [-0.39, 0.29) is 41.6 Å². The number of nitrogens with one attached hydrogen (secondary N) is 1. The first-order valence-electron chi connectivity index (χ1n) is 22.3. The SMILES string of the molecule is CCOc1cc([C@@H](CS(C)(=O)=O)N2C(=O)c3cccc(CCC(=O)CCCCCCCN4CCC(c5cccc6c5CN([C@H]5CCC(=O)NC5=O)C6=O)CC4)c3C2=O)ccc1OC. The number of piperidine rings is 2. The van der Waals surface area contributed by atoms with Gasteiger partial charge in [0, 0.05) is 37.6 Å². The van der Waals surface area contributed by atoms with Crippen molar-refractivity contribution >= 4 is 45.2 Å². The van der Waals surface area contributed by atoms with E-state index in [0.717, 1.165) is 81.3 Å². The average Bonchev–Trinajstić information content (AvgIpc) is 3.73. The summed E-state index contributed by atoms with van der Waals surface area (Å²) < 4.78 is 36.4. The van der Waals surface area contributed by atoms with E-state index in [1.54, 1.807) is 48.2 Å². The number of aryl methyl sites for hydroxylation is 1. The van der Waals surface area contributed by atoms with Crippen LogP contribution >= 0.6 is 0 Å². The van der Waals surface area contributed by atoms with Gasteiger partial charge in [-0.05, 0) is 118 Å². The maximum Gasteiger partial charge on any atom is 0.262 e. The molecular weight excluding hydrogens is 825 g/mol. The van der Waals surface area contributed by atoms with Gasteiger partial charge in [0.15, 0.2) is 11.5 Å². The number of unbranched alkanes of at least 4 members (excludes halogenated alkanes) is 4. The number of carbonyl (C=O) groups excluding carboxylic acids is 6. The molecule has 7 rings (SSSR count). The molecule has 4 aliphatic rings. The molecule has 14 nitrogen and oxygen atoms in total. The Kier molecular flexibility index (Phi) is 14.5. The molecule has 1 N–H and O–H groups in total. The predicted molar refractivity (Wildman–Crippen MR) is 235 cm³/mol. The number of ketones is 1. The zero-order valence-electron chi connectivity index (χ0n) is 36.5. The molecule has 0 radical (unpaired) electrons. The van der Waals surface area contributed by atoms with Gasteiger partial charge in [-0.1, -0.05) is 49.6 Å². The normalized spacial score (nSPS) is 18.7. The van der Waals surface area contributed by atoms with E-state index in [1.165, 1.54) is 12.7 Å². The van der Waals surface area contributed by atoms with Crippen molar-refractivity contribution in [3.63, 3.8) is 0 Å². The fourth-order valence-electron chi connectivity index (χ4n) is 9.69. The molecule has 4 heterocycles. The Morgan fingerprint density at radius 2 is 1.57 bits per heavy atom. The number of rotatable bonds is 20. The summed E-state index contributed by atoms with van der Waals surface area (Å²) in [6.07, 6.45) is 9.55. The van der Waals surface area contributed by atoms with Gasteiger partial charge in [-0.3, -0.25) is 39.0 Å². The molecule has 15 heteroatoms. The van der Waals surface area contributed by atoms with Crippen molar-refractivity contribution in [1.82, 2.24) is 20.0 Å². The van der Waals surface area contributed by atoms with Crippen LogP contribution in [0.5, 0.6) is 11.5 Å². The quantitative estimate of drug-likeness (QED) is 0.105. The Bertz CT molecular complexity index is 2370. The highest BCUT2D eigenvalue weighted by molar-refractivity contribution is 7.90. The van der Waals surface area contributed by atoms with Gasteiger partial charge in [0.1, 0.15) is 21.7 Å². The lowest BCUT2D eigenvalue weighted by Gasteiger charge is -2.33. The van der Waals surface area contributed by atoms with Crippen LogP contribution in [-0.2, 0) is 37.2 Å². The third-order valence-electron chi connectivity index (χ3n) is 12.9. The zero-order chi connectivity index (χ0) is 44.8. The number of hydrogen-bond acceptors (Lipinski definition) is 11. The van der Waals surface area contributed by atoms with E-state index in [1.807, 2.05) is 12.1 Å². The average molecular weight is 883 g/mol. The molecule has 3 aromatic rings. The van der Waals surface area contributed by atoms with Gasteiger partial charge in [0.05, 0.1) is 36.6 Å². The minimum atomic E-state index is -3.65. The van der Waals surface area contributed by atoms with E-state index in [0.29, 0.717) is 66.5 Å². The number of hydrogen-bond donors (Lipinski definition) is 1. The van der Waals surface area contributed by atoms with E-state index in [9.17, 15) is 37.2 Å². The lowest BCUT2D eigenvalue weighted by atomic mass is 9.85. The van der Waals surface area contributed by atoms with Crippen LogP contribution in [0.4, 0.5) is 0 Å². The number of amides is 5. The highest BCUT2D eigenvalue weighted by Crippen LogP contribution is 2.39. The number of carbonyl (C=O) groups is 6. The van der Waals surface area contributed by atoms with Gasteiger partial charge in [-0.15, -0.1) is 0 Å². The molecule has 5 amide bonds. The van der Waals surface area contributed by atoms with E-state index in [4.69, 9.17) is 9.47 Å². The summed E-state index contributed by atoms with van der Waals surface area (Å²) in [7, 11) is -2.16. The van der Waals surface area contributed by atoms with Gasteiger partial charge >= 0.3 is 0 Å². The topological polar surface area (TPSA) is 177 Å². The summed E-state index contributed by atoms with van der Waals surface area (Å²) in [4.78, 5) is 83.6. The molecule has 2 atom stereocenters. The molecule has 2 saturated heterocycles. The van der Waals surface area contributed by atoms with Gasteiger partial charge in [0.2, 0.25) is 11.8 Å². The number of nitrogens with zero attached hydrogens (tertiary/aromatic N) is 3. The highest BCUT2D eigenvalue weighted by atomic mass is 32.2. The molecule has 0 aliphatic carbocycles. The molecule has 0 spiro atoms. The van der Waals surface area contributed by atoms with Crippen molar-refractivity contribution in [3.05, 3.63) is 93.5 Å². The largest absolute Gasteiger partial charge is 0.493 e. The molecule has 0 aromatic heterocycles. The summed E-state index contributed by atoms with van der Waals surface area (Å²) in [5, 5.41) is 2.38. The molecule has 0 bridgehead atoms. The molecule has 0 saturated carbocycles. The summed E-state index contributed by atoms with van der Waals surface area (Å²) in [5.41, 5.74) is 4.32. The number of likely N-dealkylation sites (tertiary alicyclic amines) is 1. The van der Waals surface area contributed by atoms with Crippen molar-refractivity contribution in [2.75, 3.05) is 45.4 Å². The summed E-state index contributed by atoms with van der Waals surface area (Å²) >= 11 is 0. The van der Waals surface area contributed by atoms with Crippen LogP contribution < -0.4 is 14.8 Å². The molecule has 4 aliphatic heterocycles. The number of Topliss-reactive ketones (excluding diaryl/α,β-unsaturated/α-hetero) is 1. The second-order valence-electron chi connectivity index (χ2n) is 17.2. The van der Waals surface area contributed by atoms with Crippen LogP contribution in [0.1, 0.15) is 143 Å². The third-order valence-corrected chi connectivity index (χ3v) is 13.8. The third kappa shape index (κ3) is 10.4. The minimum Gasteiger partial charge on any atom is -0.493 e. The monoisotopic (exact) mass is 882 g/mol. The number of benzene rings is 3. The first-order chi connectivity index (χ1) is 30.3. The van der Waals surface area contributed by atoms with Crippen molar-refractivity contribution in [3.8, 4) is 11.5 Å². The van der Waals surface area contributed by atoms with Gasteiger partial charge in [-0.25, -0.2) is 8.42 Å². The summed E-state index contributed by atoms with van der Waals surface area (Å²) in [5.74, 6) is -1.19. The van der Waals surface area contributed by atoms with Crippen molar-refractivity contribution in [2.24, 2.45) is 0 Å². The lowest BCUT2D eigenvalue weighted by Crippen LogP contribution is -2.52. The fraction of sp³-hybridized carbons (Fsp3) is 0.500. The molecule has 3 aromatic carbocycles. The Balaban J connectivity index is 0.834. The number of sulfone groups is 1. The van der Waals surface area contributed by atoms with Crippen LogP contribution in [-0.4, -0.2) is 110 Å². The molecule has 2 fully saturated rings. The van der Waals surface area contributed by atoms with E-state index in [2.05, 4.69) is 16.3 Å². The molecule has 63 heavy (non-hydrogen) atoms. The molecular formula is C48H58N4O10S. The fourth-order valence-corrected chi connectivity index (χ4v) is 10.6. The number of fused-ring (bicyclic) bond motifs is 2. The van der Waals surface area contributed by atoms with Crippen LogP contribution in [0.3, 0.4) is 0 Å². The number of ether oxygens (including phenoxy) is 2. The van der Waals surface area contributed by atoms with E-state index >= 15 is 0 Å². The summed E-state index contributed by atoms with van der Waals surface area (Å²) in [6, 6.07) is 14.1. The minimum absolute atomic E-state index is 0.0952. The zero-order valence-corrected chi connectivity index (χ0v) is 37.3. The molecule has 336 valence electrons. The Morgan fingerprint density at radius 3 is 2.30 bits per heavy atom. The maximum absolute atomic E-state index is 14.0. The van der Waals surface area contributed by atoms with Crippen molar-refractivity contribution in [2.45, 2.75) is 109 Å². The van der Waals surface area contributed by atoms with Crippen LogP contribution in [0, 0.1) is 0 Å². The highest BCUT2D eigenvalue weighted by Gasteiger charge is 2.44. The second-order valence-corrected chi connectivity index (χ2v) is 19.4. The van der Waals surface area contributed by atoms with Crippen LogP contribution in [0.25, 0.3) is 0 Å². The van der Waals surface area contributed by atoms with Gasteiger partial charge in [-0.2, -0.15) is 0 Å². The second kappa shape index (κ2) is 20.0. The van der Waals surface area contributed by atoms with Crippen molar-refractivity contribution < 1.29 is 46.7 Å².